The zero-order chi connectivity index (χ0) is 26.8. The van der Waals surface area contributed by atoms with Gasteiger partial charge >= 0.3 is 6.03 Å². The van der Waals surface area contributed by atoms with Gasteiger partial charge in [-0.2, -0.15) is 5.26 Å². The minimum absolute atomic E-state index is 0.00222. The van der Waals surface area contributed by atoms with Crippen molar-refractivity contribution >= 4 is 30.8 Å². The van der Waals surface area contributed by atoms with E-state index in [4.69, 9.17) is 4.74 Å². The molecule has 2 N–H and O–H groups in total. The molecule has 0 aliphatic carbocycles. The van der Waals surface area contributed by atoms with Crippen LogP contribution < -0.4 is 10.2 Å². The van der Waals surface area contributed by atoms with E-state index in [1.165, 1.54) is 24.9 Å². The van der Waals surface area contributed by atoms with Crippen molar-refractivity contribution in [3.05, 3.63) is 46.6 Å². The molecule has 1 aliphatic rings. The molecule has 36 heavy (non-hydrogen) atoms. The largest absolute Gasteiger partial charge is 0.487 e. The number of carbonyl (C=O) groups excluding carboxylic acids is 3. The smallest absolute Gasteiger partial charge is 0.328 e. The number of rotatable bonds is 10. The van der Waals surface area contributed by atoms with Gasteiger partial charge in [0.25, 0.3) is 0 Å². The van der Waals surface area contributed by atoms with Crippen molar-refractivity contribution in [1.29, 1.82) is 5.26 Å². The van der Waals surface area contributed by atoms with Gasteiger partial charge in [-0.25, -0.2) is 14.8 Å². The van der Waals surface area contributed by atoms with E-state index in [2.05, 4.69) is 22.0 Å². The molecule has 0 spiro atoms. The van der Waals surface area contributed by atoms with Crippen LogP contribution in [0.1, 0.15) is 29.9 Å². The second kappa shape index (κ2) is 13.1. The summed E-state index contributed by atoms with van der Waals surface area (Å²) in [5, 5.41) is 21.0. The first-order chi connectivity index (χ1) is 17.1. The number of urea groups is 1. The molecule has 12 nitrogen and oxygen atoms in total. The molecule has 1 fully saturated rings. The Kier molecular flexibility index (Phi) is 10.3. The molecule has 3 amide bonds. The molecular formula is C24H31N7O5. The monoisotopic (exact) mass is 497 g/mol. The minimum Gasteiger partial charge on any atom is -0.487 e. The van der Waals surface area contributed by atoms with Crippen molar-refractivity contribution in [2.45, 2.75) is 26.5 Å². The lowest BCUT2D eigenvalue weighted by atomic mass is 10.1. The number of allylic oxidation sites excluding steroid dienone is 2. The van der Waals surface area contributed by atoms with Crippen molar-refractivity contribution in [3.8, 4) is 6.07 Å². The van der Waals surface area contributed by atoms with E-state index in [-0.39, 0.29) is 47.7 Å². The molecule has 0 saturated carbocycles. The molecule has 2 rings (SSSR count). The number of ether oxygens (including phenoxy) is 1. The number of aliphatic hydroxyl groups is 1. The highest BCUT2D eigenvalue weighted by atomic mass is 16.5. The third-order valence-electron chi connectivity index (χ3n) is 5.42. The lowest BCUT2D eigenvalue weighted by Crippen LogP contribution is -2.48. The number of amides is 3. The first-order valence-electron chi connectivity index (χ1n) is 11.2. The molecular weight excluding hydrogens is 466 g/mol. The van der Waals surface area contributed by atoms with Crippen LogP contribution in [0.15, 0.2) is 40.4 Å². The average molecular weight is 498 g/mol. The van der Waals surface area contributed by atoms with Crippen LogP contribution in [0.5, 0.6) is 0 Å². The average Bonchev–Trinajstić information content (AvgIpc) is 2.88. The topological polar surface area (TPSA) is 151 Å². The summed E-state index contributed by atoms with van der Waals surface area (Å²) in [6.07, 6.45) is 1.32. The first kappa shape index (κ1) is 28.2. The number of hydrogen-bond acceptors (Lipinski definition) is 9. The number of carbonyl (C=O) groups is 3. The highest BCUT2D eigenvalue weighted by Gasteiger charge is 2.23. The van der Waals surface area contributed by atoms with Crippen LogP contribution in [-0.4, -0.2) is 91.3 Å². The molecule has 1 aliphatic heterocycles. The normalized spacial score (nSPS) is 15.9. The second-order valence-corrected chi connectivity index (χ2v) is 8.27. The van der Waals surface area contributed by atoms with Crippen molar-refractivity contribution < 1.29 is 24.2 Å². The Morgan fingerprint density at radius 1 is 1.47 bits per heavy atom. The highest BCUT2D eigenvalue weighted by molar-refractivity contribution is 5.92. The second-order valence-electron chi connectivity index (χ2n) is 8.27. The molecule has 1 atom stereocenters. The Balaban J connectivity index is 2.20. The molecule has 0 aromatic carbocycles. The Morgan fingerprint density at radius 3 is 2.78 bits per heavy atom. The summed E-state index contributed by atoms with van der Waals surface area (Å²) in [6.45, 7) is 8.13. The summed E-state index contributed by atoms with van der Waals surface area (Å²) < 4.78 is 5.53. The minimum atomic E-state index is -0.635. The van der Waals surface area contributed by atoms with Gasteiger partial charge in [-0.15, -0.1) is 0 Å². The summed E-state index contributed by atoms with van der Waals surface area (Å²) >= 11 is 0. The highest BCUT2D eigenvalue weighted by Crippen LogP contribution is 2.18. The Labute approximate surface area is 210 Å². The number of aldehydes is 1. The van der Waals surface area contributed by atoms with Gasteiger partial charge in [-0.05, 0) is 33.7 Å². The van der Waals surface area contributed by atoms with E-state index in [1.807, 2.05) is 18.0 Å². The third-order valence-corrected chi connectivity index (χ3v) is 5.42. The SMILES string of the molecule is C=N/C(=C\C(O[C@@H](C)CO)=C(/C)C#N)NC(=O)N(C)c1ccc(CN2CCN(C)CC2=O)c(C=O)n1. The standard InChI is InChI=1S/C24H31N7O5/c1-16(11-25)20(36-17(2)14-32)10-21(26-3)28-24(35)30(5)22-7-6-18(19(15-33)27-22)12-31-9-8-29(4)13-23(31)34/h6-7,10,15,17,32H,3,8-9,12-14H2,1-2,4-5H3,(H,28,35)/b20-16-,21-10+/t17-/m0/s1. The summed E-state index contributed by atoms with van der Waals surface area (Å²) in [7, 11) is 3.33. The number of aliphatic imine (C=N–C) groups is 1. The number of aromatic nitrogens is 1. The Morgan fingerprint density at radius 2 is 2.19 bits per heavy atom. The van der Waals surface area contributed by atoms with Crippen LogP contribution in [0.4, 0.5) is 10.6 Å². The van der Waals surface area contributed by atoms with Crippen molar-refractivity contribution in [2.24, 2.45) is 4.99 Å². The van der Waals surface area contributed by atoms with Crippen LogP contribution in [0.25, 0.3) is 0 Å². The first-order valence-corrected chi connectivity index (χ1v) is 11.2. The summed E-state index contributed by atoms with van der Waals surface area (Å²) in [5.74, 6) is 0.284. The van der Waals surface area contributed by atoms with Crippen LogP contribution in [0.3, 0.4) is 0 Å². The van der Waals surface area contributed by atoms with Gasteiger partial charge in [0, 0.05) is 38.3 Å². The molecule has 0 radical (unpaired) electrons. The third kappa shape index (κ3) is 7.46. The quantitative estimate of drug-likeness (QED) is 0.160. The van der Waals surface area contributed by atoms with Crippen molar-refractivity contribution in [2.75, 3.05) is 45.2 Å². The summed E-state index contributed by atoms with van der Waals surface area (Å²) in [5.41, 5.74) is 0.911. The molecule has 192 valence electrons. The number of likely N-dealkylation sites (N-methyl/N-ethyl adjacent to an activating group) is 1. The summed E-state index contributed by atoms with van der Waals surface area (Å²) in [6, 6.07) is 4.55. The van der Waals surface area contributed by atoms with Gasteiger partial charge in [0.2, 0.25) is 5.91 Å². The van der Waals surface area contributed by atoms with Gasteiger partial charge in [-0.3, -0.25) is 24.7 Å². The van der Waals surface area contributed by atoms with Gasteiger partial charge in [0.05, 0.1) is 24.8 Å². The molecule has 0 unspecified atom stereocenters. The van der Waals surface area contributed by atoms with Crippen molar-refractivity contribution in [3.63, 3.8) is 0 Å². The van der Waals surface area contributed by atoms with E-state index >= 15 is 0 Å². The van der Waals surface area contributed by atoms with Crippen LogP contribution in [-0.2, 0) is 16.1 Å². The number of nitrogens with one attached hydrogen (secondary N) is 1. The van der Waals surface area contributed by atoms with Gasteiger partial charge in [0.1, 0.15) is 29.2 Å². The predicted molar refractivity (Wildman–Crippen MR) is 133 cm³/mol. The Hall–Kier alpha value is -4.08. The van der Waals surface area contributed by atoms with Crippen LogP contribution >= 0.6 is 0 Å². The van der Waals surface area contributed by atoms with E-state index in [9.17, 15) is 24.8 Å². The number of hydrogen-bond donors (Lipinski definition) is 2. The number of pyridine rings is 1. The maximum absolute atomic E-state index is 12.8. The lowest BCUT2D eigenvalue weighted by Gasteiger charge is -2.32. The maximum Gasteiger partial charge on any atom is 0.328 e. The predicted octanol–water partition coefficient (Wildman–Crippen LogP) is 1.05. The van der Waals surface area contributed by atoms with E-state index < -0.39 is 12.1 Å². The molecule has 1 aromatic heterocycles. The van der Waals surface area contributed by atoms with Gasteiger partial charge in [0.15, 0.2) is 6.29 Å². The molecule has 2 heterocycles. The Bertz CT molecular complexity index is 1110. The fraction of sp³-hybridized carbons (Fsp3) is 0.417. The van der Waals surface area contributed by atoms with Gasteiger partial charge < -0.3 is 14.7 Å². The molecule has 12 heteroatoms. The fourth-order valence-electron chi connectivity index (χ4n) is 3.20. The zero-order valence-corrected chi connectivity index (χ0v) is 20.9. The van der Waals surface area contributed by atoms with E-state index in [1.54, 1.807) is 24.0 Å². The van der Waals surface area contributed by atoms with Gasteiger partial charge in [-0.1, -0.05) is 6.07 Å². The molecule has 1 aromatic rings. The van der Waals surface area contributed by atoms with E-state index in [0.29, 0.717) is 24.9 Å². The van der Waals surface area contributed by atoms with Crippen LogP contribution in [0, 0.1) is 11.3 Å². The lowest BCUT2D eigenvalue weighted by molar-refractivity contribution is -0.136. The van der Waals surface area contributed by atoms with Crippen molar-refractivity contribution in [1.82, 2.24) is 20.1 Å². The number of piperazine rings is 1. The number of nitrogens with zero attached hydrogens (tertiary/aromatic N) is 6. The zero-order valence-electron chi connectivity index (χ0n) is 20.9. The number of aliphatic hydroxyl groups excluding tert-OH is 1. The molecule has 1 saturated heterocycles. The number of nitriles is 1. The number of anilines is 1. The fourth-order valence-corrected chi connectivity index (χ4v) is 3.20. The summed E-state index contributed by atoms with van der Waals surface area (Å²) in [4.78, 5) is 49.6. The van der Waals surface area contributed by atoms with Crippen LogP contribution in [0.2, 0.25) is 0 Å². The maximum atomic E-state index is 12.8. The molecule has 0 bridgehead atoms. The van der Waals surface area contributed by atoms with E-state index in [0.717, 1.165) is 6.54 Å².